The van der Waals surface area contributed by atoms with Crippen molar-refractivity contribution in [3.05, 3.63) is 28.2 Å². The van der Waals surface area contributed by atoms with Crippen LogP contribution < -0.4 is 10.1 Å². The number of aliphatic hydroxyl groups excluding tert-OH is 1. The zero-order valence-corrected chi connectivity index (χ0v) is 13.1. The van der Waals surface area contributed by atoms with Gasteiger partial charge in [-0.05, 0) is 47.0 Å². The molecule has 2 rings (SSSR count). The average molecular weight is 342 g/mol. The summed E-state index contributed by atoms with van der Waals surface area (Å²) in [5.41, 5.74) is 0.551. The summed E-state index contributed by atoms with van der Waals surface area (Å²) in [5, 5.41) is 12.8. The number of hydrogen-bond acceptors (Lipinski definition) is 3. The normalized spacial score (nSPS) is 22.4. The van der Waals surface area contributed by atoms with Crippen molar-refractivity contribution in [3.63, 3.8) is 0 Å². The highest BCUT2D eigenvalue weighted by atomic mass is 79.9. The fourth-order valence-corrected chi connectivity index (χ4v) is 2.98. The largest absolute Gasteiger partial charge is 0.497 e. The van der Waals surface area contributed by atoms with Gasteiger partial charge >= 0.3 is 0 Å². The molecule has 0 aromatic heterocycles. The van der Waals surface area contributed by atoms with Crippen molar-refractivity contribution in [2.24, 2.45) is 5.92 Å². The number of amides is 1. The highest BCUT2D eigenvalue weighted by Gasteiger charge is 2.23. The van der Waals surface area contributed by atoms with E-state index in [4.69, 9.17) is 4.74 Å². The van der Waals surface area contributed by atoms with E-state index in [-0.39, 0.29) is 17.9 Å². The Morgan fingerprint density at radius 3 is 2.90 bits per heavy atom. The maximum absolute atomic E-state index is 12.2. The molecule has 1 amide bonds. The van der Waals surface area contributed by atoms with Crippen molar-refractivity contribution >= 4 is 21.8 Å². The van der Waals surface area contributed by atoms with Crippen LogP contribution in [0.15, 0.2) is 22.7 Å². The summed E-state index contributed by atoms with van der Waals surface area (Å²) in [4.78, 5) is 12.2. The van der Waals surface area contributed by atoms with Crippen LogP contribution in [-0.4, -0.2) is 30.8 Å². The van der Waals surface area contributed by atoms with Gasteiger partial charge in [0.05, 0.1) is 18.8 Å². The average Bonchev–Trinajstić information content (AvgIpc) is 2.46. The van der Waals surface area contributed by atoms with Crippen LogP contribution in [0.25, 0.3) is 0 Å². The smallest absolute Gasteiger partial charge is 0.252 e. The Morgan fingerprint density at radius 2 is 2.20 bits per heavy atom. The third-order valence-electron chi connectivity index (χ3n) is 3.81. The van der Waals surface area contributed by atoms with Gasteiger partial charge in [-0.2, -0.15) is 0 Å². The first-order valence-corrected chi connectivity index (χ1v) is 7.71. The van der Waals surface area contributed by atoms with Crippen molar-refractivity contribution in [3.8, 4) is 5.75 Å². The minimum absolute atomic E-state index is 0.145. The SMILES string of the molecule is COc1ccc(Br)c(C(=O)NCC2CCCCC2O)c1. The molecule has 0 saturated heterocycles. The third kappa shape index (κ3) is 3.73. The summed E-state index contributed by atoms with van der Waals surface area (Å²) in [6, 6.07) is 5.30. The van der Waals surface area contributed by atoms with E-state index < -0.39 is 0 Å². The first-order valence-electron chi connectivity index (χ1n) is 6.91. The van der Waals surface area contributed by atoms with E-state index in [2.05, 4.69) is 21.2 Å². The number of ether oxygens (including phenoxy) is 1. The molecular formula is C15H20BrNO3. The number of carbonyl (C=O) groups excluding carboxylic acids is 1. The minimum atomic E-state index is -0.294. The highest BCUT2D eigenvalue weighted by molar-refractivity contribution is 9.10. The Bertz CT molecular complexity index is 478. The summed E-state index contributed by atoms with van der Waals surface area (Å²) >= 11 is 3.37. The molecule has 5 heteroatoms. The summed E-state index contributed by atoms with van der Waals surface area (Å²) < 4.78 is 5.87. The second kappa shape index (κ2) is 7.09. The first kappa shape index (κ1) is 15.3. The van der Waals surface area contributed by atoms with Gasteiger partial charge in [0, 0.05) is 16.9 Å². The molecule has 0 spiro atoms. The van der Waals surface area contributed by atoms with Crippen LogP contribution in [0.1, 0.15) is 36.0 Å². The number of hydrogen-bond donors (Lipinski definition) is 2. The van der Waals surface area contributed by atoms with Crippen molar-refractivity contribution in [2.45, 2.75) is 31.8 Å². The summed E-state index contributed by atoms with van der Waals surface area (Å²) in [7, 11) is 1.57. The predicted molar refractivity (Wildman–Crippen MR) is 81.0 cm³/mol. The number of aliphatic hydroxyl groups is 1. The molecule has 2 N–H and O–H groups in total. The van der Waals surface area contributed by atoms with Gasteiger partial charge < -0.3 is 15.2 Å². The second-order valence-corrected chi connectivity index (χ2v) is 6.02. The fraction of sp³-hybridized carbons (Fsp3) is 0.533. The van der Waals surface area contributed by atoms with Crippen LogP contribution in [0.4, 0.5) is 0 Å². The van der Waals surface area contributed by atoms with Crippen LogP contribution >= 0.6 is 15.9 Å². The van der Waals surface area contributed by atoms with Crippen molar-refractivity contribution in [1.82, 2.24) is 5.32 Å². The Balaban J connectivity index is 1.97. The quantitative estimate of drug-likeness (QED) is 0.885. The molecule has 20 heavy (non-hydrogen) atoms. The van der Waals surface area contributed by atoms with E-state index in [0.29, 0.717) is 17.9 Å². The van der Waals surface area contributed by atoms with Crippen molar-refractivity contribution in [1.29, 1.82) is 0 Å². The van der Waals surface area contributed by atoms with Gasteiger partial charge in [-0.1, -0.05) is 12.8 Å². The predicted octanol–water partition coefficient (Wildman–Crippen LogP) is 2.74. The lowest BCUT2D eigenvalue weighted by atomic mass is 9.86. The molecule has 2 unspecified atom stereocenters. The monoisotopic (exact) mass is 341 g/mol. The van der Waals surface area contributed by atoms with Gasteiger partial charge in [-0.25, -0.2) is 0 Å². The molecule has 0 heterocycles. The molecule has 1 fully saturated rings. The minimum Gasteiger partial charge on any atom is -0.497 e. The van der Waals surface area contributed by atoms with Gasteiger partial charge in [-0.3, -0.25) is 4.79 Å². The molecule has 1 aromatic carbocycles. The molecule has 1 saturated carbocycles. The first-order chi connectivity index (χ1) is 9.61. The molecular weight excluding hydrogens is 322 g/mol. The van der Waals surface area contributed by atoms with Gasteiger partial charge in [-0.15, -0.1) is 0 Å². The molecule has 0 bridgehead atoms. The Hall–Kier alpha value is -1.07. The highest BCUT2D eigenvalue weighted by Crippen LogP contribution is 2.25. The third-order valence-corrected chi connectivity index (χ3v) is 4.50. The zero-order chi connectivity index (χ0) is 14.5. The lowest BCUT2D eigenvalue weighted by molar-refractivity contribution is 0.0662. The topological polar surface area (TPSA) is 58.6 Å². The molecule has 4 nitrogen and oxygen atoms in total. The lowest BCUT2D eigenvalue weighted by Crippen LogP contribution is -2.36. The Morgan fingerprint density at radius 1 is 1.45 bits per heavy atom. The molecule has 1 aliphatic rings. The molecule has 1 aromatic rings. The fourth-order valence-electron chi connectivity index (χ4n) is 2.55. The maximum atomic E-state index is 12.2. The van der Waals surface area contributed by atoms with Crippen LogP contribution in [0.3, 0.4) is 0 Å². The number of nitrogens with one attached hydrogen (secondary N) is 1. The van der Waals surface area contributed by atoms with E-state index >= 15 is 0 Å². The molecule has 0 aliphatic heterocycles. The molecule has 2 atom stereocenters. The zero-order valence-electron chi connectivity index (χ0n) is 11.6. The Labute approximate surface area is 127 Å². The molecule has 0 radical (unpaired) electrons. The van der Waals surface area contributed by atoms with Crippen LogP contribution in [0.2, 0.25) is 0 Å². The van der Waals surface area contributed by atoms with E-state index in [9.17, 15) is 9.90 Å². The van der Waals surface area contributed by atoms with Crippen LogP contribution in [0, 0.1) is 5.92 Å². The number of methoxy groups -OCH3 is 1. The molecule has 1 aliphatic carbocycles. The number of carbonyl (C=O) groups is 1. The number of rotatable bonds is 4. The summed E-state index contributed by atoms with van der Waals surface area (Å²) in [6.07, 6.45) is 3.72. The Kier molecular flexibility index (Phi) is 5.43. The lowest BCUT2D eigenvalue weighted by Gasteiger charge is -2.27. The van der Waals surface area contributed by atoms with E-state index in [1.165, 1.54) is 0 Å². The number of halogens is 1. The summed E-state index contributed by atoms with van der Waals surface area (Å²) in [5.74, 6) is 0.668. The van der Waals surface area contributed by atoms with Gasteiger partial charge in [0.1, 0.15) is 5.75 Å². The van der Waals surface area contributed by atoms with Crippen molar-refractivity contribution < 1.29 is 14.6 Å². The summed E-state index contributed by atoms with van der Waals surface area (Å²) in [6.45, 7) is 0.518. The van der Waals surface area contributed by atoms with Crippen LogP contribution in [-0.2, 0) is 0 Å². The van der Waals surface area contributed by atoms with Crippen LogP contribution in [0.5, 0.6) is 5.75 Å². The maximum Gasteiger partial charge on any atom is 0.252 e. The standard InChI is InChI=1S/C15H20BrNO3/c1-20-11-6-7-13(16)12(8-11)15(19)17-9-10-4-2-3-5-14(10)18/h6-8,10,14,18H,2-5,9H2,1H3,(H,17,19). The van der Waals surface area contributed by atoms with Gasteiger partial charge in [0.2, 0.25) is 0 Å². The van der Waals surface area contributed by atoms with Crippen molar-refractivity contribution in [2.75, 3.05) is 13.7 Å². The van der Waals surface area contributed by atoms with Gasteiger partial charge in [0.25, 0.3) is 5.91 Å². The van der Waals surface area contributed by atoms with E-state index in [1.54, 1.807) is 25.3 Å². The second-order valence-electron chi connectivity index (χ2n) is 5.17. The van der Waals surface area contributed by atoms with E-state index in [1.807, 2.05) is 0 Å². The number of benzene rings is 1. The molecule has 110 valence electrons. The van der Waals surface area contributed by atoms with Gasteiger partial charge in [0.15, 0.2) is 0 Å². The van der Waals surface area contributed by atoms with E-state index in [0.717, 1.165) is 30.2 Å².